The number of rotatable bonds is 6. The molecule has 0 spiro atoms. The minimum Gasteiger partial charge on any atom is -0.444 e. The van der Waals surface area contributed by atoms with Crippen molar-refractivity contribution < 1.29 is 9.21 Å². The van der Waals surface area contributed by atoms with Crippen LogP contribution in [0.4, 0.5) is 0 Å². The van der Waals surface area contributed by atoms with Crippen LogP contribution in [0.3, 0.4) is 0 Å². The Hall–Kier alpha value is -2.14. The molecule has 0 radical (unpaired) electrons. The van der Waals surface area contributed by atoms with Crippen molar-refractivity contribution in [3.05, 3.63) is 41.8 Å². The van der Waals surface area contributed by atoms with Gasteiger partial charge in [0.05, 0.1) is 18.3 Å². The largest absolute Gasteiger partial charge is 0.444 e. The Bertz CT molecular complexity index is 644. The molecule has 0 aliphatic heterocycles. The fourth-order valence-corrected chi connectivity index (χ4v) is 2.23. The second-order valence-electron chi connectivity index (χ2n) is 5.89. The second kappa shape index (κ2) is 6.32. The van der Waals surface area contributed by atoms with E-state index in [0.717, 1.165) is 11.3 Å². The number of amides is 1. The van der Waals surface area contributed by atoms with Gasteiger partial charge in [-0.05, 0) is 38.8 Å². The van der Waals surface area contributed by atoms with Crippen LogP contribution in [0.1, 0.15) is 31.0 Å². The summed E-state index contributed by atoms with van der Waals surface area (Å²) in [6, 6.07) is 8.34. The van der Waals surface area contributed by atoms with Crippen molar-refractivity contribution in [2.75, 3.05) is 0 Å². The van der Waals surface area contributed by atoms with Crippen LogP contribution in [0.2, 0.25) is 0 Å². The van der Waals surface area contributed by atoms with Crippen LogP contribution in [0.5, 0.6) is 0 Å². The van der Waals surface area contributed by atoms with E-state index in [0.29, 0.717) is 18.5 Å². The zero-order valence-electron chi connectivity index (χ0n) is 12.9. The summed E-state index contributed by atoms with van der Waals surface area (Å²) >= 11 is 0. The molecule has 1 heterocycles. The summed E-state index contributed by atoms with van der Waals surface area (Å²) in [6.45, 7) is 4.30. The maximum atomic E-state index is 12.0. The molecule has 1 aliphatic carbocycles. The fourth-order valence-electron chi connectivity index (χ4n) is 2.23. The van der Waals surface area contributed by atoms with E-state index in [4.69, 9.17) is 4.42 Å². The van der Waals surface area contributed by atoms with Crippen molar-refractivity contribution in [1.29, 1.82) is 0 Å². The Morgan fingerprint density at radius 2 is 2.09 bits per heavy atom. The Morgan fingerprint density at radius 1 is 1.36 bits per heavy atom. The Labute approximate surface area is 130 Å². The summed E-state index contributed by atoms with van der Waals surface area (Å²) in [5, 5.41) is 6.15. The molecule has 5 nitrogen and oxygen atoms in total. The normalized spacial score (nSPS) is 15.5. The highest BCUT2D eigenvalue weighted by Gasteiger charge is 2.25. The molecular formula is C17H21N3O2. The monoisotopic (exact) mass is 299 g/mol. The lowest BCUT2D eigenvalue weighted by molar-refractivity contribution is -0.123. The van der Waals surface area contributed by atoms with Crippen LogP contribution in [0.25, 0.3) is 11.5 Å². The third kappa shape index (κ3) is 3.74. The van der Waals surface area contributed by atoms with Gasteiger partial charge in [0.1, 0.15) is 6.26 Å². The lowest BCUT2D eigenvalue weighted by Crippen LogP contribution is -2.42. The Kier molecular flexibility index (Phi) is 4.24. The third-order valence-corrected chi connectivity index (χ3v) is 3.75. The van der Waals surface area contributed by atoms with Gasteiger partial charge in [-0.15, -0.1) is 0 Å². The summed E-state index contributed by atoms with van der Waals surface area (Å²) in [4.78, 5) is 16.4. The number of hydrogen-bond donors (Lipinski definition) is 2. The molecule has 2 N–H and O–H groups in total. The van der Waals surface area contributed by atoms with Crippen molar-refractivity contribution in [1.82, 2.24) is 15.6 Å². The number of carbonyl (C=O) groups excluding carboxylic acids is 1. The standard InChI is InChI=1S/C17H21N3O2/c1-11-3-5-13(6-4-11)17-20-15(10-22-17)9-18-16(21)12(2)19-14-7-8-14/h3-6,10,12,14,19H,7-9H2,1-2H3,(H,18,21). The third-order valence-electron chi connectivity index (χ3n) is 3.75. The summed E-state index contributed by atoms with van der Waals surface area (Å²) < 4.78 is 5.48. The second-order valence-corrected chi connectivity index (χ2v) is 5.89. The first-order valence-corrected chi connectivity index (χ1v) is 7.67. The average Bonchev–Trinajstić information content (AvgIpc) is 3.20. The van der Waals surface area contributed by atoms with Gasteiger partial charge in [0.15, 0.2) is 0 Å². The van der Waals surface area contributed by atoms with Crippen molar-refractivity contribution >= 4 is 5.91 Å². The number of aryl methyl sites for hydroxylation is 1. The van der Waals surface area contributed by atoms with Crippen LogP contribution in [-0.2, 0) is 11.3 Å². The van der Waals surface area contributed by atoms with Gasteiger partial charge in [0, 0.05) is 11.6 Å². The molecule has 5 heteroatoms. The molecule has 1 atom stereocenters. The molecule has 1 unspecified atom stereocenters. The quantitative estimate of drug-likeness (QED) is 0.859. The van der Waals surface area contributed by atoms with E-state index in [1.165, 1.54) is 18.4 Å². The number of hydrogen-bond acceptors (Lipinski definition) is 4. The molecule has 0 bridgehead atoms. The average molecular weight is 299 g/mol. The Balaban J connectivity index is 1.55. The van der Waals surface area contributed by atoms with Gasteiger partial charge in [-0.2, -0.15) is 0 Å². The van der Waals surface area contributed by atoms with Gasteiger partial charge in [0.25, 0.3) is 0 Å². The van der Waals surface area contributed by atoms with E-state index in [-0.39, 0.29) is 11.9 Å². The van der Waals surface area contributed by atoms with Gasteiger partial charge in [-0.25, -0.2) is 4.98 Å². The minimum absolute atomic E-state index is 0.00761. The molecule has 2 aromatic rings. The van der Waals surface area contributed by atoms with Crippen molar-refractivity contribution in [2.24, 2.45) is 0 Å². The first-order valence-electron chi connectivity index (χ1n) is 7.67. The maximum Gasteiger partial charge on any atom is 0.237 e. The first kappa shape index (κ1) is 14.8. The molecule has 0 saturated heterocycles. The number of nitrogens with one attached hydrogen (secondary N) is 2. The topological polar surface area (TPSA) is 67.2 Å². The van der Waals surface area contributed by atoms with Crippen LogP contribution in [0, 0.1) is 6.92 Å². The van der Waals surface area contributed by atoms with Crippen molar-refractivity contribution in [3.63, 3.8) is 0 Å². The molecule has 3 rings (SSSR count). The summed E-state index contributed by atoms with van der Waals surface area (Å²) in [5.74, 6) is 0.570. The lowest BCUT2D eigenvalue weighted by Gasteiger charge is -2.12. The molecule has 22 heavy (non-hydrogen) atoms. The zero-order valence-corrected chi connectivity index (χ0v) is 12.9. The molecular weight excluding hydrogens is 278 g/mol. The van der Waals surface area contributed by atoms with Crippen molar-refractivity contribution in [2.45, 2.75) is 45.3 Å². The molecule has 1 amide bonds. The highest BCUT2D eigenvalue weighted by molar-refractivity contribution is 5.81. The SMILES string of the molecule is Cc1ccc(-c2nc(CNC(=O)C(C)NC3CC3)co2)cc1. The first-order chi connectivity index (χ1) is 10.6. The summed E-state index contributed by atoms with van der Waals surface area (Å²) in [6.07, 6.45) is 3.93. The van der Waals surface area contributed by atoms with Gasteiger partial charge in [-0.1, -0.05) is 17.7 Å². The fraction of sp³-hybridized carbons (Fsp3) is 0.412. The van der Waals surface area contributed by atoms with E-state index in [1.54, 1.807) is 6.26 Å². The number of benzene rings is 1. The highest BCUT2D eigenvalue weighted by Crippen LogP contribution is 2.20. The predicted molar refractivity (Wildman–Crippen MR) is 84.1 cm³/mol. The van der Waals surface area contributed by atoms with Gasteiger partial charge >= 0.3 is 0 Å². The van der Waals surface area contributed by atoms with E-state index < -0.39 is 0 Å². The van der Waals surface area contributed by atoms with Gasteiger partial charge < -0.3 is 15.1 Å². The van der Waals surface area contributed by atoms with Crippen LogP contribution >= 0.6 is 0 Å². The van der Waals surface area contributed by atoms with E-state index >= 15 is 0 Å². The van der Waals surface area contributed by atoms with Crippen LogP contribution in [0.15, 0.2) is 34.9 Å². The van der Waals surface area contributed by atoms with E-state index in [1.807, 2.05) is 38.1 Å². The zero-order chi connectivity index (χ0) is 15.5. The molecule has 116 valence electrons. The molecule has 1 saturated carbocycles. The molecule has 1 fully saturated rings. The number of carbonyl (C=O) groups is 1. The maximum absolute atomic E-state index is 12.0. The number of oxazole rings is 1. The molecule has 1 aliphatic rings. The highest BCUT2D eigenvalue weighted by atomic mass is 16.3. The Morgan fingerprint density at radius 3 is 2.77 bits per heavy atom. The number of nitrogens with zero attached hydrogens (tertiary/aromatic N) is 1. The van der Waals surface area contributed by atoms with E-state index in [2.05, 4.69) is 15.6 Å². The van der Waals surface area contributed by atoms with Gasteiger partial charge in [-0.3, -0.25) is 4.79 Å². The molecule has 1 aromatic heterocycles. The summed E-state index contributed by atoms with van der Waals surface area (Å²) in [7, 11) is 0. The lowest BCUT2D eigenvalue weighted by atomic mass is 10.1. The summed E-state index contributed by atoms with van der Waals surface area (Å²) in [5.41, 5.74) is 2.86. The van der Waals surface area contributed by atoms with E-state index in [9.17, 15) is 4.79 Å². The predicted octanol–water partition coefficient (Wildman–Crippen LogP) is 2.41. The smallest absolute Gasteiger partial charge is 0.237 e. The minimum atomic E-state index is -0.170. The molecule has 1 aromatic carbocycles. The van der Waals surface area contributed by atoms with Crippen LogP contribution < -0.4 is 10.6 Å². The van der Waals surface area contributed by atoms with Gasteiger partial charge in [0.2, 0.25) is 11.8 Å². The van der Waals surface area contributed by atoms with Crippen LogP contribution in [-0.4, -0.2) is 23.0 Å². The van der Waals surface area contributed by atoms with Crippen molar-refractivity contribution in [3.8, 4) is 11.5 Å². The number of aromatic nitrogens is 1.